The van der Waals surface area contributed by atoms with Crippen LogP contribution in [0.5, 0.6) is 0 Å². The van der Waals surface area contributed by atoms with Crippen LogP contribution in [-0.4, -0.2) is 10.1 Å². The van der Waals surface area contributed by atoms with Gasteiger partial charge in [-0.2, -0.15) is 4.98 Å². The summed E-state index contributed by atoms with van der Waals surface area (Å²) in [6.07, 6.45) is 0.783. The SMILES string of the molecule is CC(C)C[C@@H](N)c1nc(-c2ccc(F)cc2)no1. The van der Waals surface area contributed by atoms with Gasteiger partial charge in [-0.3, -0.25) is 0 Å². The molecule has 96 valence electrons. The van der Waals surface area contributed by atoms with Gasteiger partial charge in [-0.15, -0.1) is 0 Å². The van der Waals surface area contributed by atoms with E-state index in [9.17, 15) is 4.39 Å². The fraction of sp³-hybridized carbons (Fsp3) is 0.385. The molecule has 18 heavy (non-hydrogen) atoms. The maximum atomic E-state index is 12.8. The molecule has 0 aliphatic heterocycles. The van der Waals surface area contributed by atoms with E-state index in [1.807, 2.05) is 0 Å². The molecule has 1 aromatic heterocycles. The molecule has 0 radical (unpaired) electrons. The van der Waals surface area contributed by atoms with Crippen molar-refractivity contribution in [2.75, 3.05) is 0 Å². The van der Waals surface area contributed by atoms with Gasteiger partial charge in [0, 0.05) is 5.56 Å². The Hall–Kier alpha value is -1.75. The number of nitrogens with two attached hydrogens (primary N) is 1. The van der Waals surface area contributed by atoms with Crippen molar-refractivity contribution < 1.29 is 8.91 Å². The highest BCUT2D eigenvalue weighted by Crippen LogP contribution is 2.21. The van der Waals surface area contributed by atoms with Crippen LogP contribution in [-0.2, 0) is 0 Å². The van der Waals surface area contributed by atoms with E-state index < -0.39 is 0 Å². The first-order valence-corrected chi connectivity index (χ1v) is 5.91. The summed E-state index contributed by atoms with van der Waals surface area (Å²) < 4.78 is 17.9. The summed E-state index contributed by atoms with van der Waals surface area (Å²) in [5, 5.41) is 3.86. The Bertz CT molecular complexity index is 507. The van der Waals surface area contributed by atoms with E-state index >= 15 is 0 Å². The summed E-state index contributed by atoms with van der Waals surface area (Å²) >= 11 is 0. The van der Waals surface area contributed by atoms with Crippen molar-refractivity contribution in [3.8, 4) is 11.4 Å². The second-order valence-electron chi connectivity index (χ2n) is 4.70. The molecule has 0 saturated carbocycles. The van der Waals surface area contributed by atoms with E-state index in [1.165, 1.54) is 12.1 Å². The maximum absolute atomic E-state index is 12.8. The number of hydrogen-bond acceptors (Lipinski definition) is 4. The highest BCUT2D eigenvalue weighted by Gasteiger charge is 2.16. The van der Waals surface area contributed by atoms with Crippen LogP contribution in [0.3, 0.4) is 0 Å². The van der Waals surface area contributed by atoms with E-state index in [0.29, 0.717) is 23.2 Å². The number of hydrogen-bond donors (Lipinski definition) is 1. The molecule has 5 heteroatoms. The lowest BCUT2D eigenvalue weighted by atomic mass is 10.0. The lowest BCUT2D eigenvalue weighted by molar-refractivity contribution is 0.335. The smallest absolute Gasteiger partial charge is 0.243 e. The lowest BCUT2D eigenvalue weighted by Crippen LogP contribution is -2.13. The summed E-state index contributed by atoms with van der Waals surface area (Å²) in [5.74, 6) is 1.02. The van der Waals surface area contributed by atoms with E-state index in [1.54, 1.807) is 12.1 Å². The average molecular weight is 249 g/mol. The largest absolute Gasteiger partial charge is 0.337 e. The van der Waals surface area contributed by atoms with Crippen LogP contribution in [0, 0.1) is 11.7 Å². The third kappa shape index (κ3) is 2.92. The molecule has 0 saturated heterocycles. The topological polar surface area (TPSA) is 64.9 Å². The molecule has 1 heterocycles. The predicted molar refractivity (Wildman–Crippen MR) is 66.1 cm³/mol. The summed E-state index contributed by atoms with van der Waals surface area (Å²) in [7, 11) is 0. The predicted octanol–water partition coefficient (Wildman–Crippen LogP) is 2.92. The zero-order chi connectivity index (χ0) is 13.1. The molecule has 2 N–H and O–H groups in total. The zero-order valence-electron chi connectivity index (χ0n) is 10.4. The lowest BCUT2D eigenvalue weighted by Gasteiger charge is -2.08. The van der Waals surface area contributed by atoms with Crippen LogP contribution in [0.4, 0.5) is 4.39 Å². The molecule has 0 unspecified atom stereocenters. The summed E-state index contributed by atoms with van der Waals surface area (Å²) in [6, 6.07) is 5.68. The van der Waals surface area contributed by atoms with Gasteiger partial charge in [-0.25, -0.2) is 4.39 Å². The summed E-state index contributed by atoms with van der Waals surface area (Å²) in [4.78, 5) is 4.24. The molecule has 0 fully saturated rings. The first kappa shape index (κ1) is 12.7. The standard InChI is InChI=1S/C13H16FN3O/c1-8(2)7-11(15)13-16-12(17-18-13)9-3-5-10(14)6-4-9/h3-6,8,11H,7,15H2,1-2H3/t11-/m1/s1. The van der Waals surface area contributed by atoms with Crippen molar-refractivity contribution in [1.29, 1.82) is 0 Å². The molecule has 1 aromatic carbocycles. The van der Waals surface area contributed by atoms with Crippen molar-refractivity contribution in [2.24, 2.45) is 11.7 Å². The molecular formula is C13H16FN3O. The van der Waals surface area contributed by atoms with Gasteiger partial charge in [-0.05, 0) is 36.6 Å². The van der Waals surface area contributed by atoms with Crippen molar-refractivity contribution in [2.45, 2.75) is 26.3 Å². The first-order chi connectivity index (χ1) is 8.56. The van der Waals surface area contributed by atoms with E-state index in [2.05, 4.69) is 24.0 Å². The summed E-state index contributed by atoms with van der Waals surface area (Å²) in [5.41, 5.74) is 6.67. The number of rotatable bonds is 4. The van der Waals surface area contributed by atoms with Gasteiger partial charge in [0.2, 0.25) is 11.7 Å². The normalized spacial score (nSPS) is 12.9. The molecule has 0 spiro atoms. The maximum Gasteiger partial charge on any atom is 0.243 e. The van der Waals surface area contributed by atoms with Gasteiger partial charge in [0.25, 0.3) is 0 Å². The first-order valence-electron chi connectivity index (χ1n) is 5.91. The Kier molecular flexibility index (Phi) is 3.72. The molecule has 4 nitrogen and oxygen atoms in total. The van der Waals surface area contributed by atoms with Crippen LogP contribution < -0.4 is 5.73 Å². The second-order valence-corrected chi connectivity index (χ2v) is 4.70. The monoisotopic (exact) mass is 249 g/mol. The Morgan fingerprint density at radius 3 is 2.56 bits per heavy atom. The van der Waals surface area contributed by atoms with Crippen LogP contribution in [0.25, 0.3) is 11.4 Å². The molecule has 0 amide bonds. The fourth-order valence-electron chi connectivity index (χ4n) is 1.71. The average Bonchev–Trinajstić information content (AvgIpc) is 2.78. The third-order valence-electron chi connectivity index (χ3n) is 2.59. The minimum Gasteiger partial charge on any atom is -0.337 e. The van der Waals surface area contributed by atoms with Crippen molar-refractivity contribution in [3.05, 3.63) is 36.0 Å². The zero-order valence-corrected chi connectivity index (χ0v) is 10.4. The molecule has 0 bridgehead atoms. The second kappa shape index (κ2) is 5.27. The Morgan fingerprint density at radius 2 is 1.94 bits per heavy atom. The van der Waals surface area contributed by atoms with Gasteiger partial charge < -0.3 is 10.3 Å². The highest BCUT2D eigenvalue weighted by atomic mass is 19.1. The van der Waals surface area contributed by atoms with Gasteiger partial charge in [0.15, 0.2) is 0 Å². The van der Waals surface area contributed by atoms with E-state index in [-0.39, 0.29) is 11.9 Å². The van der Waals surface area contributed by atoms with Crippen LogP contribution >= 0.6 is 0 Å². The van der Waals surface area contributed by atoms with Gasteiger partial charge in [0.05, 0.1) is 6.04 Å². The third-order valence-corrected chi connectivity index (χ3v) is 2.59. The van der Waals surface area contributed by atoms with Gasteiger partial charge in [0.1, 0.15) is 5.82 Å². The van der Waals surface area contributed by atoms with Crippen LogP contribution in [0.15, 0.2) is 28.8 Å². The highest BCUT2D eigenvalue weighted by molar-refractivity contribution is 5.53. The number of benzene rings is 1. The van der Waals surface area contributed by atoms with Crippen molar-refractivity contribution in [3.63, 3.8) is 0 Å². The minimum absolute atomic E-state index is 0.258. The summed E-state index contributed by atoms with van der Waals surface area (Å²) in [6.45, 7) is 4.16. The van der Waals surface area contributed by atoms with Crippen LogP contribution in [0.2, 0.25) is 0 Å². The Morgan fingerprint density at radius 1 is 1.28 bits per heavy atom. The Balaban J connectivity index is 2.17. The van der Waals surface area contributed by atoms with E-state index in [4.69, 9.17) is 10.3 Å². The minimum atomic E-state index is -0.293. The van der Waals surface area contributed by atoms with Gasteiger partial charge in [-0.1, -0.05) is 19.0 Å². The molecule has 0 aliphatic carbocycles. The molecule has 1 atom stereocenters. The van der Waals surface area contributed by atoms with Crippen LogP contribution in [0.1, 0.15) is 32.2 Å². The fourth-order valence-corrected chi connectivity index (χ4v) is 1.71. The van der Waals surface area contributed by atoms with E-state index in [0.717, 1.165) is 6.42 Å². The van der Waals surface area contributed by atoms with Crippen molar-refractivity contribution in [1.82, 2.24) is 10.1 Å². The Labute approximate surface area is 105 Å². The van der Waals surface area contributed by atoms with Gasteiger partial charge >= 0.3 is 0 Å². The molecule has 2 rings (SSSR count). The molecule has 0 aliphatic rings. The molecule has 2 aromatic rings. The number of nitrogens with zero attached hydrogens (tertiary/aromatic N) is 2. The number of halogens is 1. The molecular weight excluding hydrogens is 233 g/mol. The van der Waals surface area contributed by atoms with Crippen molar-refractivity contribution >= 4 is 0 Å². The quantitative estimate of drug-likeness (QED) is 0.904. The number of aromatic nitrogens is 2.